The van der Waals surface area contributed by atoms with Crippen molar-refractivity contribution in [3.05, 3.63) is 53.1 Å². The summed E-state index contributed by atoms with van der Waals surface area (Å²) in [4.78, 5) is 4.41. The van der Waals surface area contributed by atoms with E-state index in [-0.39, 0.29) is 0 Å². The zero-order valence-electron chi connectivity index (χ0n) is 13.0. The van der Waals surface area contributed by atoms with Gasteiger partial charge in [-0.15, -0.1) is 0 Å². The molecule has 21 heavy (non-hydrogen) atoms. The van der Waals surface area contributed by atoms with Crippen LogP contribution in [0.15, 0.2) is 36.7 Å². The molecule has 0 saturated carbocycles. The maximum Gasteiger partial charge on any atom is 0.108 e. The average Bonchev–Trinajstić information content (AvgIpc) is 2.85. The number of halogens is 1. The number of rotatable bonds is 7. The molecule has 1 aromatic carbocycles. The summed E-state index contributed by atoms with van der Waals surface area (Å²) in [6, 6.07) is 8.62. The minimum atomic E-state index is 0.401. The number of nitrogens with one attached hydrogen (secondary N) is 1. The van der Waals surface area contributed by atoms with Crippen molar-refractivity contribution < 1.29 is 0 Å². The van der Waals surface area contributed by atoms with Crippen LogP contribution in [-0.4, -0.2) is 22.1 Å². The molecule has 1 N–H and O–H groups in total. The SMILES string of the molecule is CC(C)NCC(CCc1nccn1C)c1ccccc1Cl. The van der Waals surface area contributed by atoms with Gasteiger partial charge in [0.2, 0.25) is 0 Å². The Labute approximate surface area is 132 Å². The van der Waals surface area contributed by atoms with Crippen molar-refractivity contribution in [2.45, 2.75) is 38.6 Å². The van der Waals surface area contributed by atoms with Gasteiger partial charge in [0.25, 0.3) is 0 Å². The average molecular weight is 306 g/mol. The van der Waals surface area contributed by atoms with E-state index >= 15 is 0 Å². The highest BCUT2D eigenvalue weighted by molar-refractivity contribution is 6.31. The lowest BCUT2D eigenvalue weighted by Crippen LogP contribution is -2.28. The molecule has 1 heterocycles. The normalized spacial score (nSPS) is 12.8. The molecule has 114 valence electrons. The Morgan fingerprint density at radius 1 is 1.29 bits per heavy atom. The fourth-order valence-electron chi connectivity index (χ4n) is 2.49. The van der Waals surface area contributed by atoms with Crippen molar-refractivity contribution in [1.82, 2.24) is 14.9 Å². The molecule has 1 unspecified atom stereocenters. The van der Waals surface area contributed by atoms with Crippen LogP contribution in [0, 0.1) is 0 Å². The lowest BCUT2D eigenvalue weighted by molar-refractivity contribution is 0.502. The molecular weight excluding hydrogens is 282 g/mol. The van der Waals surface area contributed by atoms with Gasteiger partial charge in [0.05, 0.1) is 0 Å². The lowest BCUT2D eigenvalue weighted by Gasteiger charge is -2.21. The van der Waals surface area contributed by atoms with Gasteiger partial charge >= 0.3 is 0 Å². The highest BCUT2D eigenvalue weighted by Gasteiger charge is 2.16. The second-order valence-electron chi connectivity index (χ2n) is 5.77. The molecule has 2 rings (SSSR count). The largest absolute Gasteiger partial charge is 0.338 e. The first-order chi connectivity index (χ1) is 10.1. The Bertz CT molecular complexity index is 563. The van der Waals surface area contributed by atoms with E-state index in [4.69, 9.17) is 11.6 Å². The molecule has 0 radical (unpaired) electrons. The van der Waals surface area contributed by atoms with Crippen LogP contribution >= 0.6 is 11.6 Å². The van der Waals surface area contributed by atoms with Gasteiger partial charge in [-0.1, -0.05) is 43.6 Å². The predicted octanol–water partition coefficient (Wildman–Crippen LogP) is 3.79. The van der Waals surface area contributed by atoms with Gasteiger partial charge in [-0.05, 0) is 24.0 Å². The molecule has 2 aromatic rings. The smallest absolute Gasteiger partial charge is 0.108 e. The molecule has 0 aliphatic carbocycles. The second-order valence-corrected chi connectivity index (χ2v) is 6.18. The fraction of sp³-hybridized carbons (Fsp3) is 0.471. The topological polar surface area (TPSA) is 29.9 Å². The highest BCUT2D eigenvalue weighted by Crippen LogP contribution is 2.27. The Morgan fingerprint density at radius 2 is 2.05 bits per heavy atom. The van der Waals surface area contributed by atoms with Crippen LogP contribution in [0.1, 0.15) is 37.6 Å². The Hall–Kier alpha value is -1.32. The maximum absolute atomic E-state index is 6.38. The van der Waals surface area contributed by atoms with Crippen LogP contribution in [0.25, 0.3) is 0 Å². The standard InChI is InChI=1S/C17H24ClN3/c1-13(2)20-12-14(15-6-4-5-7-16(15)18)8-9-17-19-10-11-21(17)3/h4-7,10-11,13-14,20H,8-9,12H2,1-3H3. The number of aromatic nitrogens is 2. The molecule has 1 atom stereocenters. The number of nitrogens with zero attached hydrogens (tertiary/aromatic N) is 2. The number of hydrogen-bond donors (Lipinski definition) is 1. The Balaban J connectivity index is 2.09. The molecule has 1 aromatic heterocycles. The minimum absolute atomic E-state index is 0.401. The van der Waals surface area contributed by atoms with Crippen molar-refractivity contribution in [3.63, 3.8) is 0 Å². The summed E-state index contributed by atoms with van der Waals surface area (Å²) >= 11 is 6.38. The monoisotopic (exact) mass is 305 g/mol. The van der Waals surface area contributed by atoms with E-state index in [1.165, 1.54) is 5.56 Å². The molecule has 0 aliphatic rings. The number of benzene rings is 1. The Kier molecular flexibility index (Phi) is 5.83. The summed E-state index contributed by atoms with van der Waals surface area (Å²) in [5, 5.41) is 4.38. The van der Waals surface area contributed by atoms with Crippen molar-refractivity contribution >= 4 is 11.6 Å². The third-order valence-corrected chi connectivity index (χ3v) is 4.10. The number of imidazole rings is 1. The second kappa shape index (κ2) is 7.62. The molecule has 0 spiro atoms. The van der Waals surface area contributed by atoms with Crippen LogP contribution in [0.5, 0.6) is 0 Å². The van der Waals surface area contributed by atoms with Crippen molar-refractivity contribution in [1.29, 1.82) is 0 Å². The van der Waals surface area contributed by atoms with Gasteiger partial charge in [0, 0.05) is 43.5 Å². The summed E-state index contributed by atoms with van der Waals surface area (Å²) in [5.74, 6) is 1.52. The summed E-state index contributed by atoms with van der Waals surface area (Å²) in [6.45, 7) is 5.27. The van der Waals surface area contributed by atoms with E-state index in [0.717, 1.165) is 30.2 Å². The van der Waals surface area contributed by atoms with Gasteiger partial charge < -0.3 is 9.88 Å². The van der Waals surface area contributed by atoms with E-state index in [1.54, 1.807) is 0 Å². The van der Waals surface area contributed by atoms with E-state index < -0.39 is 0 Å². The summed E-state index contributed by atoms with van der Waals surface area (Å²) < 4.78 is 2.08. The zero-order valence-corrected chi connectivity index (χ0v) is 13.8. The highest BCUT2D eigenvalue weighted by atomic mass is 35.5. The van der Waals surface area contributed by atoms with E-state index in [2.05, 4.69) is 40.8 Å². The van der Waals surface area contributed by atoms with Crippen LogP contribution in [0.4, 0.5) is 0 Å². The summed E-state index contributed by atoms with van der Waals surface area (Å²) in [7, 11) is 2.04. The molecule has 0 aliphatic heterocycles. The zero-order chi connectivity index (χ0) is 15.2. The van der Waals surface area contributed by atoms with Gasteiger partial charge in [-0.25, -0.2) is 4.98 Å². The predicted molar refractivity (Wildman–Crippen MR) is 88.9 cm³/mol. The first-order valence-electron chi connectivity index (χ1n) is 7.52. The summed E-state index contributed by atoms with van der Waals surface area (Å²) in [6.07, 6.45) is 5.84. The molecule has 0 fully saturated rings. The first kappa shape index (κ1) is 16.1. The third-order valence-electron chi connectivity index (χ3n) is 3.75. The fourth-order valence-corrected chi connectivity index (χ4v) is 2.78. The molecule has 3 nitrogen and oxygen atoms in total. The van der Waals surface area contributed by atoms with Crippen molar-refractivity contribution in [3.8, 4) is 0 Å². The molecule has 0 amide bonds. The van der Waals surface area contributed by atoms with Gasteiger partial charge in [0.1, 0.15) is 5.82 Å². The van der Waals surface area contributed by atoms with Gasteiger partial charge in [0.15, 0.2) is 0 Å². The quantitative estimate of drug-likeness (QED) is 0.843. The van der Waals surface area contributed by atoms with Crippen LogP contribution in [0.2, 0.25) is 5.02 Å². The Morgan fingerprint density at radius 3 is 2.67 bits per heavy atom. The van der Waals surface area contributed by atoms with Crippen LogP contribution in [0.3, 0.4) is 0 Å². The minimum Gasteiger partial charge on any atom is -0.338 e. The molecule has 0 bridgehead atoms. The molecular formula is C17H24ClN3. The van der Waals surface area contributed by atoms with E-state index in [1.807, 2.05) is 31.6 Å². The lowest BCUT2D eigenvalue weighted by atomic mass is 9.93. The van der Waals surface area contributed by atoms with Crippen LogP contribution in [-0.2, 0) is 13.5 Å². The van der Waals surface area contributed by atoms with Gasteiger partial charge in [-0.3, -0.25) is 0 Å². The van der Waals surface area contributed by atoms with Crippen LogP contribution < -0.4 is 5.32 Å². The van der Waals surface area contributed by atoms with E-state index in [0.29, 0.717) is 12.0 Å². The number of aryl methyl sites for hydroxylation is 2. The maximum atomic E-state index is 6.38. The first-order valence-corrected chi connectivity index (χ1v) is 7.89. The number of hydrogen-bond acceptors (Lipinski definition) is 2. The molecule has 4 heteroatoms. The van der Waals surface area contributed by atoms with Crippen molar-refractivity contribution in [2.24, 2.45) is 7.05 Å². The summed E-state index contributed by atoms with van der Waals surface area (Å²) in [5.41, 5.74) is 1.22. The van der Waals surface area contributed by atoms with Crippen molar-refractivity contribution in [2.75, 3.05) is 6.54 Å². The molecule has 0 saturated heterocycles. The van der Waals surface area contributed by atoms with E-state index in [9.17, 15) is 0 Å². The third kappa shape index (κ3) is 4.58. The van der Waals surface area contributed by atoms with Gasteiger partial charge in [-0.2, -0.15) is 0 Å².